The van der Waals surface area contributed by atoms with Gasteiger partial charge in [0.25, 0.3) is 5.91 Å². The van der Waals surface area contributed by atoms with Crippen molar-refractivity contribution in [2.45, 2.75) is 37.6 Å². The van der Waals surface area contributed by atoms with Crippen LogP contribution in [-0.4, -0.2) is 34.2 Å². The quantitative estimate of drug-likeness (QED) is 0.834. The summed E-state index contributed by atoms with van der Waals surface area (Å²) in [5.41, 5.74) is 2.29. The van der Waals surface area contributed by atoms with Crippen molar-refractivity contribution in [2.24, 2.45) is 5.92 Å². The van der Waals surface area contributed by atoms with E-state index in [1.165, 1.54) is 19.3 Å². The minimum Gasteiger partial charge on any atom is -0.325 e. The average Bonchev–Trinajstić information content (AvgIpc) is 2.87. The lowest BCUT2D eigenvalue weighted by molar-refractivity contribution is -0.127. The number of allylic oxidation sites excluding steroid dienone is 2. The molecule has 1 saturated carbocycles. The molecule has 3 aliphatic rings. The molecular formula is C21H22N2O2. The van der Waals surface area contributed by atoms with Crippen molar-refractivity contribution in [3.05, 3.63) is 60.0 Å². The highest BCUT2D eigenvalue weighted by Crippen LogP contribution is 2.48. The van der Waals surface area contributed by atoms with Gasteiger partial charge in [-0.25, -0.2) is 0 Å². The molecule has 0 aromatic carbocycles. The van der Waals surface area contributed by atoms with Crippen molar-refractivity contribution in [1.82, 2.24) is 9.88 Å². The third-order valence-electron chi connectivity index (χ3n) is 5.75. The molecule has 0 bridgehead atoms. The van der Waals surface area contributed by atoms with Gasteiger partial charge >= 0.3 is 0 Å². The molecule has 0 radical (unpaired) electrons. The van der Waals surface area contributed by atoms with Gasteiger partial charge in [0.15, 0.2) is 5.78 Å². The van der Waals surface area contributed by atoms with E-state index in [0.717, 1.165) is 29.6 Å². The van der Waals surface area contributed by atoms with Crippen molar-refractivity contribution in [2.75, 3.05) is 7.05 Å². The summed E-state index contributed by atoms with van der Waals surface area (Å²) >= 11 is 0. The van der Waals surface area contributed by atoms with Crippen LogP contribution < -0.4 is 0 Å². The Hall–Kier alpha value is -2.49. The fourth-order valence-electron chi connectivity index (χ4n) is 4.43. The van der Waals surface area contributed by atoms with Gasteiger partial charge in [0.05, 0.1) is 0 Å². The number of carbonyl (C=O) groups is 2. The molecule has 1 spiro atoms. The Balaban J connectivity index is 1.94. The zero-order chi connectivity index (χ0) is 17.4. The first-order chi connectivity index (χ1) is 12.1. The molecule has 1 amide bonds. The van der Waals surface area contributed by atoms with Crippen LogP contribution in [0.1, 0.15) is 37.7 Å². The lowest BCUT2D eigenvalue weighted by atomic mass is 9.76. The molecule has 1 aliphatic heterocycles. The Bertz CT molecular complexity index is 782. The first-order valence-electron chi connectivity index (χ1n) is 8.99. The summed E-state index contributed by atoms with van der Waals surface area (Å²) in [6.45, 7) is 0. The van der Waals surface area contributed by atoms with E-state index in [1.807, 2.05) is 31.3 Å². The van der Waals surface area contributed by atoms with Crippen LogP contribution in [0.4, 0.5) is 0 Å². The number of ketones is 1. The Morgan fingerprint density at radius 2 is 1.68 bits per heavy atom. The van der Waals surface area contributed by atoms with Crippen LogP contribution in [0.15, 0.2) is 54.4 Å². The molecule has 0 atom stereocenters. The van der Waals surface area contributed by atoms with Gasteiger partial charge in [-0.3, -0.25) is 14.6 Å². The molecule has 1 fully saturated rings. The lowest BCUT2D eigenvalue weighted by Gasteiger charge is -2.35. The van der Waals surface area contributed by atoms with E-state index < -0.39 is 5.54 Å². The fraction of sp³-hybridized carbons (Fsp3) is 0.381. The number of nitrogens with zero attached hydrogens (tertiary/aromatic N) is 2. The van der Waals surface area contributed by atoms with Crippen molar-refractivity contribution >= 4 is 17.3 Å². The first-order valence-corrected chi connectivity index (χ1v) is 8.99. The number of aromatic nitrogens is 1. The molecule has 4 rings (SSSR count). The van der Waals surface area contributed by atoms with E-state index in [2.05, 4.69) is 4.98 Å². The Labute approximate surface area is 147 Å². The molecule has 1 aromatic heterocycles. The average molecular weight is 334 g/mol. The maximum atomic E-state index is 13.2. The van der Waals surface area contributed by atoms with E-state index in [9.17, 15) is 9.59 Å². The van der Waals surface area contributed by atoms with Gasteiger partial charge in [0.1, 0.15) is 5.54 Å². The molecule has 1 aromatic rings. The van der Waals surface area contributed by atoms with Gasteiger partial charge in [0, 0.05) is 30.6 Å². The van der Waals surface area contributed by atoms with Gasteiger partial charge < -0.3 is 4.90 Å². The Morgan fingerprint density at radius 1 is 1.04 bits per heavy atom. The SMILES string of the molecule is CN1C(=O)C(C2CCCCC2)=C(c2ccncc2)C12C=CC(=O)C=C2. The predicted molar refractivity (Wildman–Crippen MR) is 96.5 cm³/mol. The Morgan fingerprint density at radius 3 is 2.32 bits per heavy atom. The summed E-state index contributed by atoms with van der Waals surface area (Å²) in [4.78, 5) is 30.9. The summed E-state index contributed by atoms with van der Waals surface area (Å²) in [5.74, 6) is 0.347. The second-order valence-electron chi connectivity index (χ2n) is 7.12. The van der Waals surface area contributed by atoms with E-state index in [0.29, 0.717) is 5.92 Å². The smallest absolute Gasteiger partial charge is 0.251 e. The first kappa shape index (κ1) is 16.0. The maximum absolute atomic E-state index is 13.2. The van der Waals surface area contributed by atoms with Gasteiger partial charge in [-0.1, -0.05) is 19.3 Å². The van der Waals surface area contributed by atoms with Crippen molar-refractivity contribution < 1.29 is 9.59 Å². The van der Waals surface area contributed by atoms with E-state index in [4.69, 9.17) is 0 Å². The van der Waals surface area contributed by atoms with E-state index in [-0.39, 0.29) is 11.7 Å². The molecule has 0 unspecified atom stereocenters. The van der Waals surface area contributed by atoms with Crippen molar-refractivity contribution in [3.63, 3.8) is 0 Å². The van der Waals surface area contributed by atoms with Gasteiger partial charge in [-0.15, -0.1) is 0 Å². The number of rotatable bonds is 2. The number of likely N-dealkylation sites (N-methyl/N-ethyl adjacent to an activating group) is 1. The second-order valence-corrected chi connectivity index (χ2v) is 7.12. The van der Waals surface area contributed by atoms with Crippen LogP contribution in [0.5, 0.6) is 0 Å². The highest BCUT2D eigenvalue weighted by atomic mass is 16.2. The second kappa shape index (κ2) is 6.10. The van der Waals surface area contributed by atoms with E-state index >= 15 is 0 Å². The summed E-state index contributed by atoms with van der Waals surface area (Å²) in [6.07, 6.45) is 16.1. The highest BCUT2D eigenvalue weighted by Gasteiger charge is 2.49. The van der Waals surface area contributed by atoms with Crippen molar-refractivity contribution in [3.8, 4) is 0 Å². The molecule has 2 heterocycles. The third-order valence-corrected chi connectivity index (χ3v) is 5.75. The van der Waals surface area contributed by atoms with Crippen LogP contribution in [0, 0.1) is 5.92 Å². The summed E-state index contributed by atoms with van der Waals surface area (Å²) in [7, 11) is 1.84. The molecule has 25 heavy (non-hydrogen) atoms. The molecular weight excluding hydrogens is 312 g/mol. The lowest BCUT2D eigenvalue weighted by Crippen LogP contribution is -2.43. The zero-order valence-electron chi connectivity index (χ0n) is 14.4. The fourth-order valence-corrected chi connectivity index (χ4v) is 4.43. The van der Waals surface area contributed by atoms with Crippen LogP contribution in [0.3, 0.4) is 0 Å². The number of amides is 1. The van der Waals surface area contributed by atoms with Crippen molar-refractivity contribution in [1.29, 1.82) is 0 Å². The number of hydrogen-bond donors (Lipinski definition) is 0. The number of carbonyl (C=O) groups excluding carboxylic acids is 2. The van der Waals surface area contributed by atoms with Gasteiger partial charge in [-0.05, 0) is 60.8 Å². The van der Waals surface area contributed by atoms with Crippen LogP contribution >= 0.6 is 0 Å². The standard InChI is InChI=1S/C21H22N2O2/c1-23-20(25)18(15-5-3-2-4-6-15)19(16-9-13-22-14-10-16)21(23)11-7-17(24)8-12-21/h7-15H,2-6H2,1H3. The molecule has 4 heteroatoms. The third kappa shape index (κ3) is 2.48. The number of pyridine rings is 1. The van der Waals surface area contributed by atoms with Gasteiger partial charge in [0.2, 0.25) is 0 Å². The van der Waals surface area contributed by atoms with Crippen LogP contribution in [0.25, 0.3) is 5.57 Å². The highest BCUT2D eigenvalue weighted by molar-refractivity contribution is 6.12. The summed E-state index contributed by atoms with van der Waals surface area (Å²) in [6, 6.07) is 3.93. The molecule has 0 N–H and O–H groups in total. The molecule has 0 saturated heterocycles. The molecule has 2 aliphatic carbocycles. The summed E-state index contributed by atoms with van der Waals surface area (Å²) < 4.78 is 0. The topological polar surface area (TPSA) is 50.3 Å². The Kier molecular flexibility index (Phi) is 3.91. The van der Waals surface area contributed by atoms with Crippen LogP contribution in [-0.2, 0) is 9.59 Å². The van der Waals surface area contributed by atoms with E-state index in [1.54, 1.807) is 29.4 Å². The van der Waals surface area contributed by atoms with Gasteiger partial charge in [-0.2, -0.15) is 0 Å². The molecule has 4 nitrogen and oxygen atoms in total. The monoisotopic (exact) mass is 334 g/mol. The normalized spacial score (nSPS) is 23.2. The minimum absolute atomic E-state index is 0.0355. The summed E-state index contributed by atoms with van der Waals surface area (Å²) in [5, 5.41) is 0. The molecule has 128 valence electrons. The zero-order valence-corrected chi connectivity index (χ0v) is 14.4. The number of hydrogen-bond acceptors (Lipinski definition) is 3. The van der Waals surface area contributed by atoms with Crippen LogP contribution in [0.2, 0.25) is 0 Å². The maximum Gasteiger partial charge on any atom is 0.251 e. The predicted octanol–water partition coefficient (Wildman–Crippen LogP) is 3.32. The largest absolute Gasteiger partial charge is 0.325 e. The minimum atomic E-state index is -0.668.